The molecular formula is C12H17Cl2NS. The molecule has 90 valence electrons. The topological polar surface area (TPSA) is 12.0 Å². The van der Waals surface area contributed by atoms with E-state index >= 15 is 0 Å². The third-order valence-corrected chi connectivity index (χ3v) is 3.85. The van der Waals surface area contributed by atoms with E-state index in [9.17, 15) is 0 Å². The fourth-order valence-electron chi connectivity index (χ4n) is 1.22. The molecule has 16 heavy (non-hydrogen) atoms. The number of benzene rings is 1. The summed E-state index contributed by atoms with van der Waals surface area (Å²) in [6, 6.07) is 6.34. The SMILES string of the molecule is CC(C)NCCCSc1ccc(Cl)c(Cl)c1. The highest BCUT2D eigenvalue weighted by atomic mass is 35.5. The molecule has 0 amide bonds. The van der Waals surface area contributed by atoms with E-state index in [0.29, 0.717) is 16.1 Å². The highest BCUT2D eigenvalue weighted by molar-refractivity contribution is 7.99. The lowest BCUT2D eigenvalue weighted by Gasteiger charge is -2.07. The highest BCUT2D eigenvalue weighted by Gasteiger charge is 2.00. The van der Waals surface area contributed by atoms with Crippen LogP contribution in [0, 0.1) is 0 Å². The minimum Gasteiger partial charge on any atom is -0.315 e. The van der Waals surface area contributed by atoms with Crippen LogP contribution in [-0.2, 0) is 0 Å². The van der Waals surface area contributed by atoms with E-state index in [1.165, 1.54) is 4.90 Å². The van der Waals surface area contributed by atoms with Gasteiger partial charge in [0.15, 0.2) is 0 Å². The summed E-state index contributed by atoms with van der Waals surface area (Å²) in [5.41, 5.74) is 0. The summed E-state index contributed by atoms with van der Waals surface area (Å²) in [5, 5.41) is 4.64. The maximum absolute atomic E-state index is 5.94. The lowest BCUT2D eigenvalue weighted by Crippen LogP contribution is -2.23. The van der Waals surface area contributed by atoms with Crippen LogP contribution in [0.1, 0.15) is 20.3 Å². The first-order valence-corrected chi connectivity index (χ1v) is 7.15. The molecule has 0 fully saturated rings. The number of halogens is 2. The zero-order chi connectivity index (χ0) is 12.0. The molecule has 0 aromatic heterocycles. The van der Waals surface area contributed by atoms with Gasteiger partial charge in [-0.3, -0.25) is 0 Å². The van der Waals surface area contributed by atoms with Crippen LogP contribution in [0.15, 0.2) is 23.1 Å². The van der Waals surface area contributed by atoms with Crippen molar-refractivity contribution in [1.82, 2.24) is 5.32 Å². The van der Waals surface area contributed by atoms with Crippen LogP contribution in [-0.4, -0.2) is 18.3 Å². The number of rotatable bonds is 6. The van der Waals surface area contributed by atoms with Crippen molar-refractivity contribution in [3.8, 4) is 0 Å². The number of hydrogen-bond acceptors (Lipinski definition) is 2. The lowest BCUT2D eigenvalue weighted by atomic mass is 10.4. The molecule has 0 spiro atoms. The molecule has 1 aromatic carbocycles. The molecule has 4 heteroatoms. The second-order valence-electron chi connectivity index (χ2n) is 3.89. The Labute approximate surface area is 112 Å². The van der Waals surface area contributed by atoms with Crippen LogP contribution in [0.2, 0.25) is 10.0 Å². The Balaban J connectivity index is 2.24. The molecular weight excluding hydrogens is 261 g/mol. The standard InChI is InChI=1S/C12H17Cl2NS/c1-9(2)15-6-3-7-16-10-4-5-11(13)12(14)8-10/h4-5,8-9,15H,3,6-7H2,1-2H3. The molecule has 0 saturated heterocycles. The van der Waals surface area contributed by atoms with Crippen LogP contribution in [0.5, 0.6) is 0 Å². The van der Waals surface area contributed by atoms with Crippen LogP contribution in [0.25, 0.3) is 0 Å². The molecule has 0 aliphatic rings. The van der Waals surface area contributed by atoms with E-state index in [2.05, 4.69) is 19.2 Å². The molecule has 0 radical (unpaired) electrons. The fourth-order valence-corrected chi connectivity index (χ4v) is 2.47. The van der Waals surface area contributed by atoms with Gasteiger partial charge in [0, 0.05) is 10.9 Å². The van der Waals surface area contributed by atoms with Crippen LogP contribution < -0.4 is 5.32 Å². The van der Waals surface area contributed by atoms with Crippen molar-refractivity contribution in [2.75, 3.05) is 12.3 Å². The average Bonchev–Trinajstić information content (AvgIpc) is 2.22. The predicted octanol–water partition coefficient (Wildman–Crippen LogP) is 4.47. The Bertz CT molecular complexity index is 329. The maximum atomic E-state index is 5.94. The third-order valence-electron chi connectivity index (χ3n) is 2.03. The average molecular weight is 278 g/mol. The number of thioether (sulfide) groups is 1. The van der Waals surface area contributed by atoms with Gasteiger partial charge in [0.1, 0.15) is 0 Å². The van der Waals surface area contributed by atoms with Gasteiger partial charge >= 0.3 is 0 Å². The zero-order valence-electron chi connectivity index (χ0n) is 9.59. The van der Waals surface area contributed by atoms with Gasteiger partial charge in [0.25, 0.3) is 0 Å². The van der Waals surface area contributed by atoms with Crippen molar-refractivity contribution >= 4 is 35.0 Å². The van der Waals surface area contributed by atoms with Crippen LogP contribution in [0.3, 0.4) is 0 Å². The van der Waals surface area contributed by atoms with Crippen molar-refractivity contribution in [3.63, 3.8) is 0 Å². The van der Waals surface area contributed by atoms with Gasteiger partial charge in [-0.1, -0.05) is 37.0 Å². The fraction of sp³-hybridized carbons (Fsp3) is 0.500. The second-order valence-corrected chi connectivity index (χ2v) is 5.87. The quantitative estimate of drug-likeness (QED) is 0.608. The monoisotopic (exact) mass is 277 g/mol. The Hall–Kier alpha value is 0.110. The smallest absolute Gasteiger partial charge is 0.0603 e. The van der Waals surface area contributed by atoms with Crippen molar-refractivity contribution in [2.24, 2.45) is 0 Å². The summed E-state index contributed by atoms with van der Waals surface area (Å²) >= 11 is 13.6. The molecule has 0 aliphatic heterocycles. The summed E-state index contributed by atoms with van der Waals surface area (Å²) in [6.07, 6.45) is 1.16. The summed E-state index contributed by atoms with van der Waals surface area (Å²) in [7, 11) is 0. The summed E-state index contributed by atoms with van der Waals surface area (Å²) < 4.78 is 0. The van der Waals surface area contributed by atoms with Gasteiger partial charge in [-0.15, -0.1) is 11.8 Å². The summed E-state index contributed by atoms with van der Waals surface area (Å²) in [5.74, 6) is 1.09. The Morgan fingerprint density at radius 2 is 2.00 bits per heavy atom. The van der Waals surface area contributed by atoms with Gasteiger partial charge in [-0.05, 0) is 36.9 Å². The van der Waals surface area contributed by atoms with E-state index in [1.54, 1.807) is 0 Å². The predicted molar refractivity (Wildman–Crippen MR) is 74.9 cm³/mol. The first-order chi connectivity index (χ1) is 7.59. The van der Waals surface area contributed by atoms with Gasteiger partial charge < -0.3 is 5.32 Å². The molecule has 0 atom stereocenters. The summed E-state index contributed by atoms with van der Waals surface area (Å²) in [4.78, 5) is 1.18. The molecule has 1 nitrogen and oxygen atoms in total. The molecule has 1 N–H and O–H groups in total. The largest absolute Gasteiger partial charge is 0.315 e. The highest BCUT2D eigenvalue weighted by Crippen LogP contribution is 2.28. The van der Waals surface area contributed by atoms with E-state index in [4.69, 9.17) is 23.2 Å². The molecule has 0 bridgehead atoms. The van der Waals surface area contributed by atoms with Gasteiger partial charge in [-0.2, -0.15) is 0 Å². The second kappa shape index (κ2) is 7.44. The van der Waals surface area contributed by atoms with E-state index in [1.807, 2.05) is 30.0 Å². The van der Waals surface area contributed by atoms with Crippen molar-refractivity contribution in [1.29, 1.82) is 0 Å². The zero-order valence-corrected chi connectivity index (χ0v) is 11.9. The van der Waals surface area contributed by atoms with E-state index in [0.717, 1.165) is 18.7 Å². The maximum Gasteiger partial charge on any atom is 0.0603 e. The molecule has 0 unspecified atom stereocenters. The number of hydrogen-bond donors (Lipinski definition) is 1. The molecule has 0 saturated carbocycles. The first kappa shape index (κ1) is 14.2. The molecule has 0 heterocycles. The van der Waals surface area contributed by atoms with Gasteiger partial charge in [-0.25, -0.2) is 0 Å². The van der Waals surface area contributed by atoms with Crippen molar-refractivity contribution in [3.05, 3.63) is 28.2 Å². The van der Waals surface area contributed by atoms with Gasteiger partial charge in [0.2, 0.25) is 0 Å². The van der Waals surface area contributed by atoms with Crippen molar-refractivity contribution in [2.45, 2.75) is 31.2 Å². The molecule has 0 aliphatic carbocycles. The Morgan fingerprint density at radius 1 is 1.25 bits per heavy atom. The Kier molecular flexibility index (Phi) is 6.59. The number of nitrogens with one attached hydrogen (secondary N) is 1. The third kappa shape index (κ3) is 5.44. The minimum atomic E-state index is 0.565. The van der Waals surface area contributed by atoms with Gasteiger partial charge in [0.05, 0.1) is 10.0 Å². The lowest BCUT2D eigenvalue weighted by molar-refractivity contribution is 0.586. The molecule has 1 aromatic rings. The van der Waals surface area contributed by atoms with Crippen LogP contribution >= 0.6 is 35.0 Å². The van der Waals surface area contributed by atoms with Crippen LogP contribution in [0.4, 0.5) is 0 Å². The van der Waals surface area contributed by atoms with E-state index < -0.39 is 0 Å². The van der Waals surface area contributed by atoms with Crippen molar-refractivity contribution < 1.29 is 0 Å². The first-order valence-electron chi connectivity index (χ1n) is 5.41. The normalized spacial score (nSPS) is 11.1. The molecule has 1 rings (SSSR count). The van der Waals surface area contributed by atoms with E-state index in [-0.39, 0.29) is 0 Å². The Morgan fingerprint density at radius 3 is 2.62 bits per heavy atom. The summed E-state index contributed by atoms with van der Waals surface area (Å²) in [6.45, 7) is 5.38. The minimum absolute atomic E-state index is 0.565.